The van der Waals surface area contributed by atoms with Crippen LogP contribution in [0.25, 0.3) is 0 Å². The highest BCUT2D eigenvalue weighted by molar-refractivity contribution is 5.45. The van der Waals surface area contributed by atoms with E-state index in [0.29, 0.717) is 17.9 Å². The first-order valence-electron chi connectivity index (χ1n) is 5.42. The fourth-order valence-corrected chi connectivity index (χ4v) is 1.55. The Morgan fingerprint density at radius 1 is 0.882 bits per heavy atom. The minimum atomic E-state index is -0.242. The predicted molar refractivity (Wildman–Crippen MR) is 65.7 cm³/mol. The third-order valence-electron chi connectivity index (χ3n) is 2.53. The molecule has 2 rings (SSSR count). The van der Waals surface area contributed by atoms with Gasteiger partial charge in [-0.2, -0.15) is 0 Å². The van der Waals surface area contributed by atoms with Crippen LogP contribution in [0.2, 0.25) is 0 Å². The summed E-state index contributed by atoms with van der Waals surface area (Å²) in [7, 11) is 0. The molecule has 2 aromatic rings. The predicted octanol–water partition coefficient (Wildman–Crippen LogP) is 3.12. The Morgan fingerprint density at radius 3 is 2.18 bits per heavy atom. The van der Waals surface area contributed by atoms with E-state index < -0.39 is 0 Å². The molecule has 17 heavy (non-hydrogen) atoms. The zero-order valence-electron chi connectivity index (χ0n) is 9.40. The van der Waals surface area contributed by atoms with E-state index in [2.05, 4.69) is 0 Å². The molecule has 0 amide bonds. The van der Waals surface area contributed by atoms with Crippen LogP contribution in [-0.4, -0.2) is 0 Å². The van der Waals surface area contributed by atoms with Gasteiger partial charge in [0.05, 0.1) is 13.2 Å². The summed E-state index contributed by atoms with van der Waals surface area (Å²) in [6.07, 6.45) is 0. The molecule has 2 nitrogen and oxygen atoms in total. The van der Waals surface area contributed by atoms with Gasteiger partial charge in [-0.15, -0.1) is 0 Å². The summed E-state index contributed by atoms with van der Waals surface area (Å²) in [6.45, 7) is 0.641. The van der Waals surface area contributed by atoms with Crippen LogP contribution in [0.1, 0.15) is 11.1 Å². The number of benzene rings is 2. The standard InChI is InChI=1S/C14H14FNO/c15-13-7-3-1-5-11(13)9-17-10-12-6-2-4-8-14(12)16/h1-8H,9-10,16H2. The molecule has 0 saturated carbocycles. The molecule has 2 N–H and O–H groups in total. The van der Waals surface area contributed by atoms with Crippen LogP contribution < -0.4 is 5.73 Å². The van der Waals surface area contributed by atoms with E-state index in [9.17, 15) is 4.39 Å². The zero-order valence-corrected chi connectivity index (χ0v) is 9.40. The van der Waals surface area contributed by atoms with Gasteiger partial charge in [0.2, 0.25) is 0 Å². The minimum Gasteiger partial charge on any atom is -0.398 e. The summed E-state index contributed by atoms with van der Waals surface area (Å²) in [5.41, 5.74) is 7.95. The molecular weight excluding hydrogens is 217 g/mol. The average molecular weight is 231 g/mol. The summed E-state index contributed by atoms with van der Waals surface area (Å²) in [6, 6.07) is 14.1. The average Bonchev–Trinajstić information content (AvgIpc) is 2.34. The Balaban J connectivity index is 1.93. The van der Waals surface area contributed by atoms with Crippen molar-refractivity contribution >= 4 is 5.69 Å². The topological polar surface area (TPSA) is 35.2 Å². The Morgan fingerprint density at radius 2 is 1.47 bits per heavy atom. The van der Waals surface area contributed by atoms with Gasteiger partial charge in [-0.3, -0.25) is 0 Å². The van der Waals surface area contributed by atoms with Crippen molar-refractivity contribution in [3.05, 3.63) is 65.5 Å². The van der Waals surface area contributed by atoms with Crippen LogP contribution in [0.15, 0.2) is 48.5 Å². The highest BCUT2D eigenvalue weighted by atomic mass is 19.1. The van der Waals surface area contributed by atoms with Crippen molar-refractivity contribution in [1.82, 2.24) is 0 Å². The normalized spacial score (nSPS) is 10.4. The molecule has 0 atom stereocenters. The fraction of sp³-hybridized carbons (Fsp3) is 0.143. The van der Waals surface area contributed by atoms with Crippen molar-refractivity contribution in [3.63, 3.8) is 0 Å². The maximum Gasteiger partial charge on any atom is 0.128 e. The zero-order chi connectivity index (χ0) is 12.1. The van der Waals surface area contributed by atoms with Gasteiger partial charge in [-0.1, -0.05) is 36.4 Å². The van der Waals surface area contributed by atoms with Crippen molar-refractivity contribution in [1.29, 1.82) is 0 Å². The van der Waals surface area contributed by atoms with Crippen LogP contribution >= 0.6 is 0 Å². The molecule has 0 fully saturated rings. The molecule has 0 spiro atoms. The lowest BCUT2D eigenvalue weighted by Crippen LogP contribution is -1.99. The first kappa shape index (κ1) is 11.6. The van der Waals surface area contributed by atoms with Crippen LogP contribution in [-0.2, 0) is 18.0 Å². The number of nitrogens with two attached hydrogens (primary N) is 1. The molecule has 0 bridgehead atoms. The summed E-state index contributed by atoms with van der Waals surface area (Å²) >= 11 is 0. The SMILES string of the molecule is Nc1ccccc1COCc1ccccc1F. The summed E-state index contributed by atoms with van der Waals surface area (Å²) in [5.74, 6) is -0.242. The molecule has 3 heteroatoms. The molecule has 0 heterocycles. The van der Waals surface area contributed by atoms with Crippen LogP contribution in [0.3, 0.4) is 0 Å². The van der Waals surface area contributed by atoms with Gasteiger partial charge < -0.3 is 10.5 Å². The second-order valence-corrected chi connectivity index (χ2v) is 3.78. The summed E-state index contributed by atoms with van der Waals surface area (Å²) in [5, 5.41) is 0. The molecular formula is C14H14FNO. The number of halogens is 1. The van der Waals surface area contributed by atoms with E-state index in [0.717, 1.165) is 5.56 Å². The van der Waals surface area contributed by atoms with Gasteiger partial charge in [-0.25, -0.2) is 4.39 Å². The lowest BCUT2D eigenvalue weighted by molar-refractivity contribution is 0.105. The second kappa shape index (κ2) is 5.46. The smallest absolute Gasteiger partial charge is 0.128 e. The molecule has 0 saturated heterocycles. The third-order valence-corrected chi connectivity index (χ3v) is 2.53. The number of rotatable bonds is 4. The fourth-order valence-electron chi connectivity index (χ4n) is 1.55. The molecule has 88 valence electrons. The van der Waals surface area contributed by atoms with E-state index in [1.807, 2.05) is 24.3 Å². The first-order valence-corrected chi connectivity index (χ1v) is 5.42. The monoisotopic (exact) mass is 231 g/mol. The third kappa shape index (κ3) is 3.04. The number of hydrogen-bond acceptors (Lipinski definition) is 2. The molecule has 0 aliphatic carbocycles. The van der Waals surface area contributed by atoms with Gasteiger partial charge in [0.1, 0.15) is 5.82 Å². The summed E-state index contributed by atoms with van der Waals surface area (Å²) < 4.78 is 18.7. The number of nitrogen functional groups attached to an aromatic ring is 1. The van der Waals surface area contributed by atoms with Crippen molar-refractivity contribution in [2.75, 3.05) is 5.73 Å². The van der Waals surface area contributed by atoms with Crippen LogP contribution in [0.4, 0.5) is 10.1 Å². The largest absolute Gasteiger partial charge is 0.398 e. The first-order chi connectivity index (χ1) is 8.27. The van der Waals surface area contributed by atoms with Crippen LogP contribution in [0.5, 0.6) is 0 Å². The van der Waals surface area contributed by atoms with Crippen molar-refractivity contribution < 1.29 is 9.13 Å². The number of anilines is 1. The molecule has 0 radical (unpaired) electrons. The maximum absolute atomic E-state index is 13.3. The lowest BCUT2D eigenvalue weighted by atomic mass is 10.2. The number of para-hydroxylation sites is 1. The van der Waals surface area contributed by atoms with Gasteiger partial charge in [0, 0.05) is 16.8 Å². The highest BCUT2D eigenvalue weighted by Gasteiger charge is 2.02. The van der Waals surface area contributed by atoms with E-state index in [1.165, 1.54) is 6.07 Å². The highest BCUT2D eigenvalue weighted by Crippen LogP contribution is 2.14. The molecule has 2 aromatic carbocycles. The maximum atomic E-state index is 13.3. The Kier molecular flexibility index (Phi) is 3.73. The van der Waals surface area contributed by atoms with E-state index in [1.54, 1.807) is 18.2 Å². The molecule has 0 aromatic heterocycles. The Hall–Kier alpha value is -1.87. The number of ether oxygens (including phenoxy) is 1. The van der Waals surface area contributed by atoms with Gasteiger partial charge in [0.15, 0.2) is 0 Å². The van der Waals surface area contributed by atoms with Crippen molar-refractivity contribution in [2.24, 2.45) is 0 Å². The quantitative estimate of drug-likeness (QED) is 0.820. The second-order valence-electron chi connectivity index (χ2n) is 3.78. The van der Waals surface area contributed by atoms with E-state index in [4.69, 9.17) is 10.5 Å². The summed E-state index contributed by atoms with van der Waals surface area (Å²) in [4.78, 5) is 0. The molecule has 0 unspecified atom stereocenters. The van der Waals surface area contributed by atoms with E-state index >= 15 is 0 Å². The Bertz CT molecular complexity index is 454. The van der Waals surface area contributed by atoms with Crippen molar-refractivity contribution in [3.8, 4) is 0 Å². The van der Waals surface area contributed by atoms with Gasteiger partial charge >= 0.3 is 0 Å². The van der Waals surface area contributed by atoms with Gasteiger partial charge in [-0.05, 0) is 12.1 Å². The lowest BCUT2D eigenvalue weighted by Gasteiger charge is -2.07. The number of hydrogen-bond donors (Lipinski definition) is 1. The molecule has 0 aliphatic rings. The van der Waals surface area contributed by atoms with Crippen LogP contribution in [0, 0.1) is 5.82 Å². The van der Waals surface area contributed by atoms with E-state index in [-0.39, 0.29) is 12.4 Å². The van der Waals surface area contributed by atoms with Crippen molar-refractivity contribution in [2.45, 2.75) is 13.2 Å². The van der Waals surface area contributed by atoms with Gasteiger partial charge in [0.25, 0.3) is 0 Å². The minimum absolute atomic E-state index is 0.242. The Labute approximate surface area is 99.8 Å². The molecule has 0 aliphatic heterocycles.